The van der Waals surface area contributed by atoms with Crippen molar-refractivity contribution in [1.82, 2.24) is 10.6 Å². The van der Waals surface area contributed by atoms with Gasteiger partial charge in [0.15, 0.2) is 5.96 Å². The third-order valence-electron chi connectivity index (χ3n) is 3.84. The summed E-state index contributed by atoms with van der Waals surface area (Å²) < 4.78 is 5.61. The van der Waals surface area contributed by atoms with E-state index in [4.69, 9.17) is 4.74 Å². The van der Waals surface area contributed by atoms with E-state index in [1.54, 1.807) is 0 Å². The first-order valence-corrected chi connectivity index (χ1v) is 7.90. The summed E-state index contributed by atoms with van der Waals surface area (Å²) in [6, 6.07) is 11.0. The molecule has 116 valence electrons. The van der Waals surface area contributed by atoms with Gasteiger partial charge >= 0.3 is 0 Å². The van der Waals surface area contributed by atoms with Crippen molar-refractivity contribution < 1.29 is 4.74 Å². The molecule has 0 amide bonds. The second kappa shape index (κ2) is 8.67. The highest BCUT2D eigenvalue weighted by atomic mass is 16.5. The van der Waals surface area contributed by atoms with Crippen molar-refractivity contribution in [2.24, 2.45) is 4.99 Å². The number of nitrogens with zero attached hydrogens (tertiary/aromatic N) is 1. The van der Waals surface area contributed by atoms with Gasteiger partial charge in [-0.1, -0.05) is 30.3 Å². The molecule has 1 aromatic carbocycles. The lowest BCUT2D eigenvalue weighted by molar-refractivity contribution is 0.113. The normalized spacial score (nSPS) is 20.3. The Hall–Kier alpha value is -1.55. The minimum Gasteiger partial charge on any atom is -0.376 e. The predicted molar refractivity (Wildman–Crippen MR) is 87.7 cm³/mol. The summed E-state index contributed by atoms with van der Waals surface area (Å²) in [6.45, 7) is 3.93. The summed E-state index contributed by atoms with van der Waals surface area (Å²) in [5.74, 6) is 0.867. The van der Waals surface area contributed by atoms with Gasteiger partial charge < -0.3 is 15.4 Å². The molecule has 4 nitrogen and oxygen atoms in total. The Bertz CT molecular complexity index is 427. The highest BCUT2D eigenvalue weighted by molar-refractivity contribution is 5.79. The smallest absolute Gasteiger partial charge is 0.191 e. The lowest BCUT2D eigenvalue weighted by Crippen LogP contribution is -2.44. The van der Waals surface area contributed by atoms with Crippen LogP contribution in [0.15, 0.2) is 35.3 Å². The number of hydrogen-bond acceptors (Lipinski definition) is 2. The van der Waals surface area contributed by atoms with E-state index < -0.39 is 0 Å². The van der Waals surface area contributed by atoms with Crippen LogP contribution in [0.4, 0.5) is 0 Å². The van der Waals surface area contributed by atoms with E-state index in [0.29, 0.717) is 12.1 Å². The molecule has 4 heteroatoms. The SMILES string of the molecule is CN=C(NCC1CCCO1)NC(C)CCc1ccccc1. The summed E-state index contributed by atoms with van der Waals surface area (Å²) in [7, 11) is 1.81. The van der Waals surface area contributed by atoms with Crippen LogP contribution in [-0.4, -0.2) is 38.3 Å². The Morgan fingerprint density at radius 1 is 1.38 bits per heavy atom. The first-order chi connectivity index (χ1) is 10.3. The predicted octanol–water partition coefficient (Wildman–Crippen LogP) is 2.35. The lowest BCUT2D eigenvalue weighted by atomic mass is 10.1. The summed E-state index contributed by atoms with van der Waals surface area (Å²) in [6.07, 6.45) is 4.82. The number of aryl methyl sites for hydroxylation is 1. The van der Waals surface area contributed by atoms with Crippen LogP contribution in [0.5, 0.6) is 0 Å². The van der Waals surface area contributed by atoms with Gasteiger partial charge in [0, 0.05) is 26.2 Å². The molecule has 0 aliphatic carbocycles. The zero-order chi connectivity index (χ0) is 14.9. The second-order valence-electron chi connectivity index (χ2n) is 5.66. The molecule has 1 aliphatic heterocycles. The average Bonchev–Trinajstić information content (AvgIpc) is 3.04. The van der Waals surface area contributed by atoms with Crippen molar-refractivity contribution >= 4 is 5.96 Å². The monoisotopic (exact) mass is 289 g/mol. The molecular formula is C17H27N3O. The van der Waals surface area contributed by atoms with Gasteiger partial charge in [-0.15, -0.1) is 0 Å². The summed E-state index contributed by atoms with van der Waals surface area (Å²) in [5.41, 5.74) is 1.38. The zero-order valence-electron chi connectivity index (χ0n) is 13.1. The lowest BCUT2D eigenvalue weighted by Gasteiger charge is -2.19. The van der Waals surface area contributed by atoms with Crippen LogP contribution in [0, 0.1) is 0 Å². The quantitative estimate of drug-likeness (QED) is 0.624. The maximum atomic E-state index is 5.61. The summed E-state index contributed by atoms with van der Waals surface area (Å²) >= 11 is 0. The van der Waals surface area contributed by atoms with Gasteiger partial charge in [-0.25, -0.2) is 0 Å². The van der Waals surface area contributed by atoms with Gasteiger partial charge in [0.05, 0.1) is 6.10 Å². The molecule has 0 spiro atoms. The first kappa shape index (κ1) is 15.8. The molecule has 2 rings (SSSR count). The largest absolute Gasteiger partial charge is 0.376 e. The van der Waals surface area contributed by atoms with Crippen molar-refractivity contribution in [2.45, 2.75) is 44.8 Å². The van der Waals surface area contributed by atoms with Gasteiger partial charge in [0.25, 0.3) is 0 Å². The zero-order valence-corrected chi connectivity index (χ0v) is 13.1. The van der Waals surface area contributed by atoms with Gasteiger partial charge in [0.2, 0.25) is 0 Å². The van der Waals surface area contributed by atoms with E-state index in [1.165, 1.54) is 12.0 Å². The molecule has 1 fully saturated rings. The van der Waals surface area contributed by atoms with E-state index in [2.05, 4.69) is 52.9 Å². The minimum atomic E-state index is 0.336. The highest BCUT2D eigenvalue weighted by Crippen LogP contribution is 2.10. The Kier molecular flexibility index (Phi) is 6.54. The molecule has 2 N–H and O–H groups in total. The fraction of sp³-hybridized carbons (Fsp3) is 0.588. The number of aliphatic imine (C=N–C) groups is 1. The van der Waals surface area contributed by atoms with E-state index in [9.17, 15) is 0 Å². The Morgan fingerprint density at radius 3 is 2.86 bits per heavy atom. The number of hydrogen-bond donors (Lipinski definition) is 2. The van der Waals surface area contributed by atoms with Gasteiger partial charge in [0.1, 0.15) is 0 Å². The van der Waals surface area contributed by atoms with E-state index in [1.807, 2.05) is 7.05 Å². The average molecular weight is 289 g/mol. The molecular weight excluding hydrogens is 262 g/mol. The van der Waals surface area contributed by atoms with Crippen LogP contribution < -0.4 is 10.6 Å². The summed E-state index contributed by atoms with van der Waals surface area (Å²) in [4.78, 5) is 4.28. The third-order valence-corrected chi connectivity index (χ3v) is 3.84. The van der Waals surface area contributed by atoms with Crippen molar-refractivity contribution in [2.75, 3.05) is 20.2 Å². The molecule has 2 atom stereocenters. The molecule has 1 aromatic rings. The number of guanidine groups is 1. The standard InChI is InChI=1S/C17H27N3O/c1-14(10-11-15-7-4-3-5-8-15)20-17(18-2)19-13-16-9-6-12-21-16/h3-5,7-8,14,16H,6,9-13H2,1-2H3,(H2,18,19,20). The molecule has 0 aromatic heterocycles. The van der Waals surface area contributed by atoms with Gasteiger partial charge in [-0.2, -0.15) is 0 Å². The molecule has 1 heterocycles. The molecule has 1 saturated heterocycles. The maximum absolute atomic E-state index is 5.61. The van der Waals surface area contributed by atoms with Crippen molar-refractivity contribution in [3.63, 3.8) is 0 Å². The van der Waals surface area contributed by atoms with Gasteiger partial charge in [-0.3, -0.25) is 4.99 Å². The Balaban J connectivity index is 1.68. The Labute approximate surface area is 128 Å². The van der Waals surface area contributed by atoms with Crippen LogP contribution in [0.2, 0.25) is 0 Å². The molecule has 1 aliphatic rings. The van der Waals surface area contributed by atoms with E-state index >= 15 is 0 Å². The minimum absolute atomic E-state index is 0.336. The number of nitrogens with one attached hydrogen (secondary N) is 2. The van der Waals surface area contributed by atoms with Crippen LogP contribution in [0.25, 0.3) is 0 Å². The van der Waals surface area contributed by atoms with E-state index in [-0.39, 0.29) is 0 Å². The number of rotatable bonds is 6. The van der Waals surface area contributed by atoms with Crippen LogP contribution in [-0.2, 0) is 11.2 Å². The first-order valence-electron chi connectivity index (χ1n) is 7.90. The fourth-order valence-corrected chi connectivity index (χ4v) is 2.54. The van der Waals surface area contributed by atoms with Crippen molar-refractivity contribution in [3.8, 4) is 0 Å². The molecule has 2 unspecified atom stereocenters. The highest BCUT2D eigenvalue weighted by Gasteiger charge is 2.15. The molecule has 0 radical (unpaired) electrons. The van der Waals surface area contributed by atoms with E-state index in [0.717, 1.165) is 38.4 Å². The molecule has 21 heavy (non-hydrogen) atoms. The molecule has 0 saturated carbocycles. The number of benzene rings is 1. The topological polar surface area (TPSA) is 45.7 Å². The van der Waals surface area contributed by atoms with Gasteiger partial charge in [-0.05, 0) is 38.2 Å². The van der Waals surface area contributed by atoms with Crippen LogP contribution in [0.3, 0.4) is 0 Å². The molecule has 0 bridgehead atoms. The fourth-order valence-electron chi connectivity index (χ4n) is 2.54. The van der Waals surface area contributed by atoms with Crippen molar-refractivity contribution in [3.05, 3.63) is 35.9 Å². The number of ether oxygens (including phenoxy) is 1. The maximum Gasteiger partial charge on any atom is 0.191 e. The van der Waals surface area contributed by atoms with Crippen LogP contribution >= 0.6 is 0 Å². The van der Waals surface area contributed by atoms with Crippen LogP contribution in [0.1, 0.15) is 31.7 Å². The third kappa shape index (κ3) is 5.76. The Morgan fingerprint density at radius 2 is 2.19 bits per heavy atom. The second-order valence-corrected chi connectivity index (χ2v) is 5.66. The van der Waals surface area contributed by atoms with Crippen molar-refractivity contribution in [1.29, 1.82) is 0 Å². The summed E-state index contributed by atoms with van der Waals surface area (Å²) in [5, 5.41) is 6.80.